The molecule has 7 heteroatoms. The fourth-order valence-electron chi connectivity index (χ4n) is 1.38. The molecule has 1 heterocycles. The average molecular weight is 316 g/mol. The van der Waals surface area contributed by atoms with Crippen LogP contribution in [0.5, 0.6) is 11.6 Å². The van der Waals surface area contributed by atoms with E-state index in [1.807, 2.05) is 6.26 Å². The third kappa shape index (κ3) is 3.89. The molecule has 0 saturated carbocycles. The number of hydrogen-bond donors (Lipinski definition) is 1. The number of halogens is 2. The Morgan fingerprint density at radius 3 is 2.37 bits per heavy atom. The zero-order chi connectivity index (χ0) is 13.8. The van der Waals surface area contributed by atoms with Crippen molar-refractivity contribution in [2.24, 2.45) is 0 Å². The maximum Gasteiger partial charge on any atom is 0.225 e. The third-order valence-electron chi connectivity index (χ3n) is 2.18. The van der Waals surface area contributed by atoms with E-state index in [0.717, 1.165) is 0 Å². The van der Waals surface area contributed by atoms with Gasteiger partial charge in [0, 0.05) is 23.2 Å². The molecule has 2 rings (SSSR count). The second kappa shape index (κ2) is 6.32. The molecule has 2 aromatic rings. The predicted octanol–water partition coefficient (Wildman–Crippen LogP) is 4.34. The number of nitrogens with one attached hydrogen (secondary N) is 1. The van der Waals surface area contributed by atoms with Crippen molar-refractivity contribution >= 4 is 40.8 Å². The molecule has 0 radical (unpaired) electrons. The van der Waals surface area contributed by atoms with Crippen molar-refractivity contribution in [1.29, 1.82) is 0 Å². The zero-order valence-corrected chi connectivity index (χ0v) is 12.6. The van der Waals surface area contributed by atoms with E-state index >= 15 is 0 Å². The summed E-state index contributed by atoms with van der Waals surface area (Å²) in [7, 11) is 1.78. The van der Waals surface area contributed by atoms with Crippen molar-refractivity contribution in [2.45, 2.75) is 5.16 Å². The first-order valence-electron chi connectivity index (χ1n) is 5.35. The Kier molecular flexibility index (Phi) is 4.74. The van der Waals surface area contributed by atoms with E-state index in [2.05, 4.69) is 15.3 Å². The number of thioether (sulfide) groups is 1. The maximum absolute atomic E-state index is 5.92. The van der Waals surface area contributed by atoms with Gasteiger partial charge in [0.15, 0.2) is 5.16 Å². The molecule has 100 valence electrons. The summed E-state index contributed by atoms with van der Waals surface area (Å²) in [5.41, 5.74) is 0. The van der Waals surface area contributed by atoms with Crippen LogP contribution in [-0.4, -0.2) is 23.3 Å². The standard InChI is InChI=1S/C12H11Cl2N3OS/c1-15-10-6-11(17-12(16-10)19-2)18-9-4-7(13)3-8(14)5-9/h3-6H,1-2H3,(H,15,16,17). The Balaban J connectivity index is 2.31. The minimum atomic E-state index is 0.432. The lowest BCUT2D eigenvalue weighted by Gasteiger charge is -2.08. The van der Waals surface area contributed by atoms with Gasteiger partial charge < -0.3 is 10.1 Å². The van der Waals surface area contributed by atoms with E-state index in [1.54, 1.807) is 31.3 Å². The molecule has 0 spiro atoms. The van der Waals surface area contributed by atoms with Crippen LogP contribution in [0.15, 0.2) is 29.4 Å². The number of benzene rings is 1. The molecule has 1 aromatic heterocycles. The summed E-state index contributed by atoms with van der Waals surface area (Å²) in [6.07, 6.45) is 1.90. The predicted molar refractivity (Wildman–Crippen MR) is 79.9 cm³/mol. The topological polar surface area (TPSA) is 47.0 Å². The first-order chi connectivity index (χ1) is 9.10. The number of aromatic nitrogens is 2. The summed E-state index contributed by atoms with van der Waals surface area (Å²) in [4.78, 5) is 8.51. The molecule has 0 aliphatic rings. The largest absolute Gasteiger partial charge is 0.439 e. The number of ether oxygens (including phenoxy) is 1. The lowest BCUT2D eigenvalue weighted by atomic mass is 10.3. The molecule has 1 aromatic carbocycles. The molecule has 0 amide bonds. The van der Waals surface area contributed by atoms with Gasteiger partial charge in [-0.2, -0.15) is 4.98 Å². The molecule has 1 N–H and O–H groups in total. The fourth-order valence-corrected chi connectivity index (χ4v) is 2.26. The molecule has 0 unspecified atom stereocenters. The molecule has 0 bridgehead atoms. The summed E-state index contributed by atoms with van der Waals surface area (Å²) in [5.74, 6) is 1.65. The summed E-state index contributed by atoms with van der Waals surface area (Å²) in [6, 6.07) is 6.69. The minimum absolute atomic E-state index is 0.432. The van der Waals surface area contributed by atoms with Crippen LogP contribution in [-0.2, 0) is 0 Å². The van der Waals surface area contributed by atoms with Crippen LogP contribution in [0.3, 0.4) is 0 Å². The lowest BCUT2D eigenvalue weighted by Crippen LogP contribution is -1.98. The number of anilines is 1. The first kappa shape index (κ1) is 14.2. The Bertz CT molecular complexity index is 553. The third-order valence-corrected chi connectivity index (χ3v) is 3.16. The van der Waals surface area contributed by atoms with Gasteiger partial charge in [0.1, 0.15) is 11.6 Å². The van der Waals surface area contributed by atoms with Gasteiger partial charge >= 0.3 is 0 Å². The van der Waals surface area contributed by atoms with E-state index in [0.29, 0.717) is 32.6 Å². The van der Waals surface area contributed by atoms with Gasteiger partial charge in [-0.25, -0.2) is 4.98 Å². The van der Waals surface area contributed by atoms with Gasteiger partial charge in [0.2, 0.25) is 5.88 Å². The molecular weight excluding hydrogens is 305 g/mol. The van der Waals surface area contributed by atoms with Crippen LogP contribution < -0.4 is 10.1 Å². The van der Waals surface area contributed by atoms with Crippen molar-refractivity contribution in [3.63, 3.8) is 0 Å². The Morgan fingerprint density at radius 1 is 1.11 bits per heavy atom. The molecular formula is C12H11Cl2N3OS. The van der Waals surface area contributed by atoms with Gasteiger partial charge in [0.25, 0.3) is 0 Å². The lowest BCUT2D eigenvalue weighted by molar-refractivity contribution is 0.456. The van der Waals surface area contributed by atoms with Crippen LogP contribution in [0.1, 0.15) is 0 Å². The number of nitrogens with zero attached hydrogens (tertiary/aromatic N) is 2. The molecule has 4 nitrogen and oxygen atoms in total. The van der Waals surface area contributed by atoms with Gasteiger partial charge in [-0.3, -0.25) is 0 Å². The highest BCUT2D eigenvalue weighted by Crippen LogP contribution is 2.29. The molecule has 0 fully saturated rings. The van der Waals surface area contributed by atoms with Crippen molar-refractivity contribution in [3.8, 4) is 11.6 Å². The van der Waals surface area contributed by atoms with Crippen LogP contribution >= 0.6 is 35.0 Å². The van der Waals surface area contributed by atoms with Crippen molar-refractivity contribution in [3.05, 3.63) is 34.3 Å². The average Bonchev–Trinajstić information content (AvgIpc) is 2.37. The summed E-state index contributed by atoms with van der Waals surface area (Å²) < 4.78 is 5.65. The zero-order valence-electron chi connectivity index (χ0n) is 10.3. The summed E-state index contributed by atoms with van der Waals surface area (Å²) in [5, 5.41) is 4.59. The maximum atomic E-state index is 5.92. The van der Waals surface area contributed by atoms with E-state index < -0.39 is 0 Å². The van der Waals surface area contributed by atoms with E-state index in [4.69, 9.17) is 27.9 Å². The van der Waals surface area contributed by atoms with Crippen molar-refractivity contribution in [2.75, 3.05) is 18.6 Å². The highest BCUT2D eigenvalue weighted by Gasteiger charge is 2.06. The SMILES string of the molecule is CNc1cc(Oc2cc(Cl)cc(Cl)c2)nc(SC)n1. The fraction of sp³-hybridized carbons (Fsp3) is 0.167. The Morgan fingerprint density at radius 2 is 1.79 bits per heavy atom. The number of rotatable bonds is 4. The highest BCUT2D eigenvalue weighted by atomic mass is 35.5. The van der Waals surface area contributed by atoms with Gasteiger partial charge in [-0.05, 0) is 24.5 Å². The highest BCUT2D eigenvalue weighted by molar-refractivity contribution is 7.98. The Hall–Kier alpha value is -1.17. The van der Waals surface area contributed by atoms with Gasteiger partial charge in [0.05, 0.1) is 0 Å². The second-order valence-electron chi connectivity index (χ2n) is 3.54. The first-order valence-corrected chi connectivity index (χ1v) is 7.33. The van der Waals surface area contributed by atoms with Crippen LogP contribution in [0.4, 0.5) is 5.82 Å². The van der Waals surface area contributed by atoms with Gasteiger partial charge in [-0.15, -0.1) is 0 Å². The molecule has 0 saturated heterocycles. The summed E-state index contributed by atoms with van der Waals surface area (Å²) in [6.45, 7) is 0. The molecule has 19 heavy (non-hydrogen) atoms. The van der Waals surface area contributed by atoms with E-state index in [9.17, 15) is 0 Å². The van der Waals surface area contributed by atoms with Crippen molar-refractivity contribution in [1.82, 2.24) is 9.97 Å². The molecule has 0 aliphatic carbocycles. The smallest absolute Gasteiger partial charge is 0.225 e. The summed E-state index contributed by atoms with van der Waals surface area (Å²) >= 11 is 13.3. The second-order valence-corrected chi connectivity index (χ2v) is 5.18. The van der Waals surface area contributed by atoms with E-state index in [1.165, 1.54) is 11.8 Å². The van der Waals surface area contributed by atoms with Crippen LogP contribution in [0, 0.1) is 0 Å². The normalized spacial score (nSPS) is 10.3. The van der Waals surface area contributed by atoms with Crippen LogP contribution in [0.25, 0.3) is 0 Å². The molecule has 0 aliphatic heterocycles. The Labute approximate surface area is 125 Å². The van der Waals surface area contributed by atoms with E-state index in [-0.39, 0.29) is 0 Å². The minimum Gasteiger partial charge on any atom is -0.439 e. The quantitative estimate of drug-likeness (QED) is 0.671. The molecule has 0 atom stereocenters. The van der Waals surface area contributed by atoms with Crippen LogP contribution in [0.2, 0.25) is 10.0 Å². The van der Waals surface area contributed by atoms with Gasteiger partial charge in [-0.1, -0.05) is 35.0 Å². The monoisotopic (exact) mass is 315 g/mol. The number of hydrogen-bond acceptors (Lipinski definition) is 5. The van der Waals surface area contributed by atoms with Crippen molar-refractivity contribution < 1.29 is 4.74 Å².